The molecule has 1 N–H and O–H groups in total. The van der Waals surface area contributed by atoms with Crippen LogP contribution >= 0.6 is 0 Å². The summed E-state index contributed by atoms with van der Waals surface area (Å²) >= 11 is 0. The summed E-state index contributed by atoms with van der Waals surface area (Å²) in [6, 6.07) is 4.03. The molecule has 134 valence electrons. The Balaban J connectivity index is 2.10. The van der Waals surface area contributed by atoms with Crippen LogP contribution in [0.3, 0.4) is 0 Å². The van der Waals surface area contributed by atoms with Crippen LogP contribution in [-0.2, 0) is 0 Å². The number of phenolic OH excluding ortho intramolecular Hbond substituents is 1. The minimum Gasteiger partial charge on any atom is -0.507 e. The molecule has 1 unspecified atom stereocenters. The third kappa shape index (κ3) is 3.16. The van der Waals surface area contributed by atoms with E-state index >= 15 is 0 Å². The van der Waals surface area contributed by atoms with Gasteiger partial charge in [0.05, 0.1) is 12.1 Å². The monoisotopic (exact) mass is 339 g/mol. The Morgan fingerprint density at radius 1 is 1.32 bits per heavy atom. The van der Waals surface area contributed by atoms with Gasteiger partial charge >= 0.3 is 0 Å². The molecule has 2 heterocycles. The standard InChI is InChI=1S/C22H29NO2/c1-7-9-23-10-8-18-17(13-23)21-19(24)11-16(15(4)14(2)3)12-20(21)25-22(18,5)6/h1,11-12,14-15,24H,8-10,13H2,2-6H3. The summed E-state index contributed by atoms with van der Waals surface area (Å²) in [4.78, 5) is 2.26. The molecule has 3 rings (SSSR count). The lowest BCUT2D eigenvalue weighted by Crippen LogP contribution is -2.42. The number of nitrogens with zero attached hydrogens (tertiary/aromatic N) is 1. The highest BCUT2D eigenvalue weighted by atomic mass is 16.5. The maximum absolute atomic E-state index is 10.8. The van der Waals surface area contributed by atoms with Crippen molar-refractivity contribution < 1.29 is 9.84 Å². The van der Waals surface area contributed by atoms with Gasteiger partial charge in [-0.15, -0.1) is 6.42 Å². The number of terminal acetylenes is 1. The zero-order valence-corrected chi connectivity index (χ0v) is 16.0. The molecule has 25 heavy (non-hydrogen) atoms. The molecule has 0 bridgehead atoms. The average Bonchev–Trinajstić information content (AvgIpc) is 2.53. The fourth-order valence-corrected chi connectivity index (χ4v) is 3.97. The van der Waals surface area contributed by atoms with Gasteiger partial charge in [0.15, 0.2) is 0 Å². The molecule has 0 saturated carbocycles. The Morgan fingerprint density at radius 2 is 2.04 bits per heavy atom. The van der Waals surface area contributed by atoms with Crippen LogP contribution in [0.2, 0.25) is 0 Å². The van der Waals surface area contributed by atoms with Gasteiger partial charge < -0.3 is 9.84 Å². The van der Waals surface area contributed by atoms with Gasteiger partial charge in [-0.2, -0.15) is 0 Å². The Hall–Kier alpha value is -1.92. The van der Waals surface area contributed by atoms with Crippen LogP contribution in [0.25, 0.3) is 5.57 Å². The van der Waals surface area contributed by atoms with Crippen LogP contribution in [0.15, 0.2) is 17.7 Å². The third-order valence-corrected chi connectivity index (χ3v) is 5.76. The molecule has 0 aromatic heterocycles. The summed E-state index contributed by atoms with van der Waals surface area (Å²) in [6.07, 6.45) is 6.43. The number of hydrogen-bond donors (Lipinski definition) is 1. The Morgan fingerprint density at radius 3 is 2.68 bits per heavy atom. The zero-order chi connectivity index (χ0) is 18.4. The van der Waals surface area contributed by atoms with Gasteiger partial charge in [0.1, 0.15) is 17.1 Å². The minimum absolute atomic E-state index is 0.325. The molecule has 0 saturated heterocycles. The van der Waals surface area contributed by atoms with E-state index in [1.807, 2.05) is 6.07 Å². The van der Waals surface area contributed by atoms with Crippen molar-refractivity contribution in [3.8, 4) is 23.8 Å². The SMILES string of the molecule is C#CCN1CCC2=C(C1)c1c(O)cc(C(C)C(C)C)cc1OC2(C)C. The molecule has 2 aliphatic heterocycles. The molecule has 3 heteroatoms. The first-order valence-electron chi connectivity index (χ1n) is 9.19. The first kappa shape index (κ1) is 17.9. The van der Waals surface area contributed by atoms with E-state index in [0.717, 1.165) is 36.4 Å². The maximum Gasteiger partial charge on any atom is 0.132 e. The second kappa shape index (κ2) is 6.42. The average molecular weight is 339 g/mol. The predicted molar refractivity (Wildman–Crippen MR) is 103 cm³/mol. The van der Waals surface area contributed by atoms with E-state index in [2.05, 4.69) is 51.5 Å². The molecule has 2 aliphatic rings. The third-order valence-electron chi connectivity index (χ3n) is 5.76. The predicted octanol–water partition coefficient (Wildman–Crippen LogP) is 4.42. The zero-order valence-electron chi connectivity index (χ0n) is 16.0. The highest BCUT2D eigenvalue weighted by molar-refractivity contribution is 5.82. The van der Waals surface area contributed by atoms with Crippen LogP contribution in [0.5, 0.6) is 11.5 Å². The summed E-state index contributed by atoms with van der Waals surface area (Å²) in [5.74, 6) is 4.73. The second-order valence-electron chi connectivity index (χ2n) is 8.18. The van der Waals surface area contributed by atoms with Gasteiger partial charge in [0.2, 0.25) is 0 Å². The second-order valence-corrected chi connectivity index (χ2v) is 8.18. The van der Waals surface area contributed by atoms with Crippen molar-refractivity contribution in [2.45, 2.75) is 52.6 Å². The van der Waals surface area contributed by atoms with Crippen LogP contribution < -0.4 is 4.74 Å². The van der Waals surface area contributed by atoms with Crippen molar-refractivity contribution in [3.05, 3.63) is 28.8 Å². The molecule has 0 fully saturated rings. The molecule has 1 aromatic carbocycles. The van der Waals surface area contributed by atoms with E-state index in [4.69, 9.17) is 11.2 Å². The molecular formula is C22H29NO2. The Labute approximate surface area is 151 Å². The van der Waals surface area contributed by atoms with Crippen LogP contribution in [-0.4, -0.2) is 35.2 Å². The van der Waals surface area contributed by atoms with Crippen molar-refractivity contribution >= 4 is 5.57 Å². The molecule has 1 atom stereocenters. The maximum atomic E-state index is 10.8. The smallest absolute Gasteiger partial charge is 0.132 e. The van der Waals surface area contributed by atoms with E-state index in [-0.39, 0.29) is 5.60 Å². The summed E-state index contributed by atoms with van der Waals surface area (Å²) in [6.45, 7) is 13.2. The summed E-state index contributed by atoms with van der Waals surface area (Å²) in [5, 5.41) is 10.8. The lowest BCUT2D eigenvalue weighted by atomic mass is 9.80. The van der Waals surface area contributed by atoms with E-state index in [0.29, 0.717) is 24.1 Å². The molecule has 3 nitrogen and oxygen atoms in total. The molecule has 0 radical (unpaired) electrons. The van der Waals surface area contributed by atoms with Crippen LogP contribution in [0, 0.1) is 18.3 Å². The first-order chi connectivity index (χ1) is 11.7. The Kier molecular flexibility index (Phi) is 4.60. The van der Waals surface area contributed by atoms with Crippen molar-refractivity contribution in [2.24, 2.45) is 5.92 Å². The van der Waals surface area contributed by atoms with Crippen LogP contribution in [0.4, 0.5) is 0 Å². The highest BCUT2D eigenvalue weighted by Gasteiger charge is 2.39. The van der Waals surface area contributed by atoms with Crippen molar-refractivity contribution in [2.75, 3.05) is 19.6 Å². The highest BCUT2D eigenvalue weighted by Crippen LogP contribution is 2.49. The molecule has 0 aliphatic carbocycles. The quantitative estimate of drug-likeness (QED) is 0.828. The van der Waals surface area contributed by atoms with Crippen molar-refractivity contribution in [1.29, 1.82) is 0 Å². The fraction of sp³-hybridized carbons (Fsp3) is 0.545. The number of hydrogen-bond acceptors (Lipinski definition) is 3. The van der Waals surface area contributed by atoms with Gasteiger partial charge in [-0.25, -0.2) is 0 Å². The van der Waals surface area contributed by atoms with Gasteiger partial charge in [0, 0.05) is 13.1 Å². The van der Waals surface area contributed by atoms with Crippen LogP contribution in [0.1, 0.15) is 58.1 Å². The van der Waals surface area contributed by atoms with Crippen molar-refractivity contribution in [1.82, 2.24) is 4.90 Å². The lowest BCUT2D eigenvalue weighted by Gasteiger charge is -2.42. The van der Waals surface area contributed by atoms with E-state index in [9.17, 15) is 5.11 Å². The van der Waals surface area contributed by atoms with E-state index < -0.39 is 0 Å². The van der Waals surface area contributed by atoms with E-state index in [1.165, 1.54) is 11.1 Å². The molecule has 0 amide bonds. The first-order valence-corrected chi connectivity index (χ1v) is 9.19. The molecule has 1 aromatic rings. The minimum atomic E-state index is -0.350. The number of fused-ring (bicyclic) bond motifs is 2. The largest absolute Gasteiger partial charge is 0.507 e. The molecule has 0 spiro atoms. The Bertz CT molecular complexity index is 752. The van der Waals surface area contributed by atoms with Gasteiger partial charge in [-0.1, -0.05) is 26.7 Å². The number of aromatic hydroxyl groups is 1. The van der Waals surface area contributed by atoms with Crippen molar-refractivity contribution in [3.63, 3.8) is 0 Å². The summed E-state index contributed by atoms with van der Waals surface area (Å²) in [7, 11) is 0. The fourth-order valence-electron chi connectivity index (χ4n) is 3.97. The van der Waals surface area contributed by atoms with Gasteiger partial charge in [-0.3, -0.25) is 4.90 Å². The normalized spacial score (nSPS) is 20.5. The number of rotatable bonds is 3. The summed E-state index contributed by atoms with van der Waals surface area (Å²) in [5.41, 5.74) is 4.11. The number of phenols is 1. The van der Waals surface area contributed by atoms with Gasteiger partial charge in [0.25, 0.3) is 0 Å². The van der Waals surface area contributed by atoms with Gasteiger partial charge in [-0.05, 0) is 60.9 Å². The number of ether oxygens (including phenoxy) is 1. The van der Waals surface area contributed by atoms with E-state index in [1.54, 1.807) is 0 Å². The number of benzene rings is 1. The lowest BCUT2D eigenvalue weighted by molar-refractivity contribution is 0.131. The summed E-state index contributed by atoms with van der Waals surface area (Å²) < 4.78 is 6.36. The topological polar surface area (TPSA) is 32.7 Å². The molecular weight excluding hydrogens is 310 g/mol.